The van der Waals surface area contributed by atoms with Gasteiger partial charge in [-0.1, -0.05) is 11.6 Å². The lowest BCUT2D eigenvalue weighted by molar-refractivity contribution is -0.137. The molecule has 0 amide bonds. The number of aromatic nitrogens is 2. The second-order valence-corrected chi connectivity index (χ2v) is 4.82. The Balaban J connectivity index is 2.56. The lowest BCUT2D eigenvalue weighted by Crippen LogP contribution is -2.18. The smallest absolute Gasteiger partial charge is 0.323 e. The maximum Gasteiger partial charge on any atom is 0.323 e. The zero-order valence-corrected chi connectivity index (χ0v) is 11.0. The number of halogens is 1. The van der Waals surface area contributed by atoms with Crippen LogP contribution < -0.4 is 0 Å². The summed E-state index contributed by atoms with van der Waals surface area (Å²) in [6.45, 7) is 0.487. The van der Waals surface area contributed by atoms with E-state index in [1.165, 1.54) is 0 Å². The standard InChI is InChI=1S/C12H14ClN3O2/c1-15(2)6-11-14-9-5-8(13)3-4-10(9)16(11)7-12(17)18/h3-5H,6-7H2,1-2H3,(H,17,18). The highest BCUT2D eigenvalue weighted by molar-refractivity contribution is 6.31. The van der Waals surface area contributed by atoms with Gasteiger partial charge in [0.2, 0.25) is 0 Å². The van der Waals surface area contributed by atoms with Crippen molar-refractivity contribution < 1.29 is 9.90 Å². The largest absolute Gasteiger partial charge is 0.480 e. The predicted octanol–water partition coefficient (Wildman–Crippen LogP) is 1.84. The molecule has 0 aliphatic carbocycles. The summed E-state index contributed by atoms with van der Waals surface area (Å²) in [5.74, 6) is -0.163. The molecule has 0 spiro atoms. The fraction of sp³-hybridized carbons (Fsp3) is 0.333. The van der Waals surface area contributed by atoms with E-state index in [1.54, 1.807) is 22.8 Å². The third kappa shape index (κ3) is 2.63. The van der Waals surface area contributed by atoms with E-state index in [1.807, 2.05) is 19.0 Å². The van der Waals surface area contributed by atoms with E-state index < -0.39 is 5.97 Å². The van der Waals surface area contributed by atoms with Crippen molar-refractivity contribution in [1.82, 2.24) is 14.5 Å². The number of carboxylic acids is 1. The summed E-state index contributed by atoms with van der Waals surface area (Å²) in [6, 6.07) is 5.28. The van der Waals surface area contributed by atoms with Gasteiger partial charge in [0.25, 0.3) is 0 Å². The summed E-state index contributed by atoms with van der Waals surface area (Å²) < 4.78 is 1.70. The normalized spacial score (nSPS) is 11.3. The van der Waals surface area contributed by atoms with Crippen molar-refractivity contribution in [3.63, 3.8) is 0 Å². The summed E-state index contributed by atoms with van der Waals surface area (Å²) >= 11 is 5.92. The number of fused-ring (bicyclic) bond motifs is 1. The molecule has 0 saturated heterocycles. The van der Waals surface area contributed by atoms with E-state index in [0.717, 1.165) is 16.9 Å². The molecule has 96 valence electrons. The fourth-order valence-electron chi connectivity index (χ4n) is 1.87. The third-order valence-corrected chi connectivity index (χ3v) is 2.78. The average molecular weight is 268 g/mol. The number of carbonyl (C=O) groups is 1. The average Bonchev–Trinajstić information content (AvgIpc) is 2.54. The molecule has 5 nitrogen and oxygen atoms in total. The topological polar surface area (TPSA) is 58.4 Å². The highest BCUT2D eigenvalue weighted by Crippen LogP contribution is 2.21. The number of imidazole rings is 1. The van der Waals surface area contributed by atoms with E-state index in [9.17, 15) is 4.79 Å². The first-order chi connectivity index (χ1) is 8.47. The zero-order valence-electron chi connectivity index (χ0n) is 10.2. The molecule has 1 heterocycles. The van der Waals surface area contributed by atoms with Crippen molar-refractivity contribution in [2.24, 2.45) is 0 Å². The molecule has 1 aromatic heterocycles. The van der Waals surface area contributed by atoms with Gasteiger partial charge in [0.1, 0.15) is 12.4 Å². The van der Waals surface area contributed by atoms with Crippen LogP contribution >= 0.6 is 11.6 Å². The number of benzene rings is 1. The van der Waals surface area contributed by atoms with Crippen LogP contribution in [-0.4, -0.2) is 39.6 Å². The van der Waals surface area contributed by atoms with E-state index >= 15 is 0 Å². The Kier molecular flexibility index (Phi) is 3.54. The van der Waals surface area contributed by atoms with Gasteiger partial charge in [-0.2, -0.15) is 0 Å². The molecule has 0 unspecified atom stereocenters. The first-order valence-electron chi connectivity index (χ1n) is 5.48. The van der Waals surface area contributed by atoms with Gasteiger partial charge in [-0.25, -0.2) is 4.98 Å². The summed E-state index contributed by atoms with van der Waals surface area (Å²) in [5, 5.41) is 9.57. The third-order valence-electron chi connectivity index (χ3n) is 2.54. The molecule has 0 aliphatic rings. The van der Waals surface area contributed by atoms with Crippen LogP contribution in [-0.2, 0) is 17.9 Å². The molecule has 0 aliphatic heterocycles. The van der Waals surface area contributed by atoms with Crippen LogP contribution in [0.15, 0.2) is 18.2 Å². The Bertz CT molecular complexity index is 592. The van der Waals surface area contributed by atoms with Gasteiger partial charge >= 0.3 is 5.97 Å². The number of hydrogen-bond donors (Lipinski definition) is 1. The van der Waals surface area contributed by atoms with Gasteiger partial charge in [0.15, 0.2) is 0 Å². The minimum absolute atomic E-state index is 0.0959. The minimum Gasteiger partial charge on any atom is -0.480 e. The van der Waals surface area contributed by atoms with Gasteiger partial charge in [-0.05, 0) is 32.3 Å². The van der Waals surface area contributed by atoms with Crippen LogP contribution in [0.4, 0.5) is 0 Å². The number of aliphatic carboxylic acids is 1. The molecule has 2 rings (SSSR count). The fourth-order valence-corrected chi connectivity index (χ4v) is 2.03. The van der Waals surface area contributed by atoms with Crippen LogP contribution in [0, 0.1) is 0 Å². The molecule has 1 N–H and O–H groups in total. The molecule has 18 heavy (non-hydrogen) atoms. The van der Waals surface area contributed by atoms with Crippen molar-refractivity contribution in [3.05, 3.63) is 29.0 Å². The molecule has 0 atom stereocenters. The highest BCUT2D eigenvalue weighted by atomic mass is 35.5. The Morgan fingerprint density at radius 2 is 2.22 bits per heavy atom. The molecule has 0 radical (unpaired) electrons. The summed E-state index contributed by atoms with van der Waals surface area (Å²) in [6.07, 6.45) is 0. The maximum atomic E-state index is 10.9. The molecule has 0 bridgehead atoms. The Morgan fingerprint density at radius 3 is 2.83 bits per heavy atom. The Morgan fingerprint density at radius 1 is 1.50 bits per heavy atom. The SMILES string of the molecule is CN(C)Cc1nc2cc(Cl)ccc2n1CC(=O)O. The van der Waals surface area contributed by atoms with Gasteiger partial charge < -0.3 is 14.6 Å². The predicted molar refractivity (Wildman–Crippen MR) is 69.8 cm³/mol. The Labute approximate surface area is 110 Å². The van der Waals surface area contributed by atoms with Gasteiger partial charge in [-0.3, -0.25) is 4.79 Å². The van der Waals surface area contributed by atoms with Gasteiger partial charge in [0, 0.05) is 5.02 Å². The summed E-state index contributed by atoms with van der Waals surface area (Å²) in [7, 11) is 3.83. The molecule has 2 aromatic rings. The molecule has 6 heteroatoms. The van der Waals surface area contributed by atoms with Crippen molar-refractivity contribution in [2.45, 2.75) is 13.1 Å². The lowest BCUT2D eigenvalue weighted by Gasteiger charge is -2.10. The maximum absolute atomic E-state index is 10.9. The Hall–Kier alpha value is -1.59. The number of nitrogens with zero attached hydrogens (tertiary/aromatic N) is 3. The monoisotopic (exact) mass is 267 g/mol. The quantitative estimate of drug-likeness (QED) is 0.918. The van der Waals surface area contributed by atoms with Crippen LogP contribution in [0.1, 0.15) is 5.82 Å². The van der Waals surface area contributed by atoms with Crippen LogP contribution in [0.2, 0.25) is 5.02 Å². The van der Waals surface area contributed by atoms with Crippen molar-refractivity contribution in [3.8, 4) is 0 Å². The molecule has 0 fully saturated rings. The number of hydrogen-bond acceptors (Lipinski definition) is 3. The minimum atomic E-state index is -0.885. The van der Waals surface area contributed by atoms with Crippen LogP contribution in [0.3, 0.4) is 0 Å². The zero-order chi connectivity index (χ0) is 13.3. The highest BCUT2D eigenvalue weighted by Gasteiger charge is 2.13. The van der Waals surface area contributed by atoms with Crippen LogP contribution in [0.5, 0.6) is 0 Å². The van der Waals surface area contributed by atoms with E-state index in [4.69, 9.17) is 16.7 Å². The van der Waals surface area contributed by atoms with Crippen molar-refractivity contribution >= 4 is 28.6 Å². The second-order valence-electron chi connectivity index (χ2n) is 4.38. The first-order valence-corrected chi connectivity index (χ1v) is 5.86. The number of carboxylic acid groups (broad SMARTS) is 1. The van der Waals surface area contributed by atoms with Crippen LogP contribution in [0.25, 0.3) is 11.0 Å². The van der Waals surface area contributed by atoms with Crippen molar-refractivity contribution in [2.75, 3.05) is 14.1 Å². The summed E-state index contributed by atoms with van der Waals surface area (Å²) in [4.78, 5) is 17.3. The number of rotatable bonds is 4. The molecular weight excluding hydrogens is 254 g/mol. The summed E-state index contributed by atoms with van der Waals surface area (Å²) in [5.41, 5.74) is 1.51. The van der Waals surface area contributed by atoms with E-state index in [2.05, 4.69) is 4.98 Å². The lowest BCUT2D eigenvalue weighted by atomic mass is 10.3. The molecular formula is C12H14ClN3O2. The molecule has 1 aromatic carbocycles. The van der Waals surface area contributed by atoms with Gasteiger partial charge in [-0.15, -0.1) is 0 Å². The second kappa shape index (κ2) is 4.96. The first kappa shape index (κ1) is 12.9. The van der Waals surface area contributed by atoms with E-state index in [-0.39, 0.29) is 6.54 Å². The molecule has 0 saturated carbocycles. The van der Waals surface area contributed by atoms with E-state index in [0.29, 0.717) is 11.6 Å². The van der Waals surface area contributed by atoms with Gasteiger partial charge in [0.05, 0.1) is 17.6 Å². The van der Waals surface area contributed by atoms with Crippen molar-refractivity contribution in [1.29, 1.82) is 0 Å².